The Morgan fingerprint density at radius 2 is 1.70 bits per heavy atom. The molecule has 0 aromatic rings. The zero-order valence-corrected chi connectivity index (χ0v) is 14.9. The minimum absolute atomic E-state index is 0.102. The standard InChI is InChI=1S/C20H36O3/c1-2-3-4-5-6-9-12-17-15-16-19(21)18(17)13-10-7-8-11-14-20(22)23/h11,14,17-19,21H,2-10,12-13,15-16H2,1H3,(H,22,23)/t17-,18+,19?/m0/s1. The van der Waals surface area contributed by atoms with Crippen LogP contribution in [0.15, 0.2) is 12.2 Å². The fourth-order valence-corrected chi connectivity index (χ4v) is 3.93. The van der Waals surface area contributed by atoms with Gasteiger partial charge >= 0.3 is 5.97 Å². The third-order valence-electron chi connectivity index (χ3n) is 5.28. The van der Waals surface area contributed by atoms with Crippen molar-refractivity contribution in [1.82, 2.24) is 0 Å². The molecule has 0 aromatic carbocycles. The van der Waals surface area contributed by atoms with Crippen LogP contribution >= 0.6 is 0 Å². The van der Waals surface area contributed by atoms with Crippen molar-refractivity contribution >= 4 is 5.97 Å². The highest BCUT2D eigenvalue weighted by Crippen LogP contribution is 2.38. The highest BCUT2D eigenvalue weighted by atomic mass is 16.4. The number of rotatable bonds is 13. The number of carboxylic acid groups (broad SMARTS) is 1. The van der Waals surface area contributed by atoms with Crippen LogP contribution in [0.25, 0.3) is 0 Å². The van der Waals surface area contributed by atoms with E-state index < -0.39 is 5.97 Å². The van der Waals surface area contributed by atoms with Gasteiger partial charge in [-0.25, -0.2) is 4.79 Å². The van der Waals surface area contributed by atoms with Crippen molar-refractivity contribution in [2.45, 2.75) is 96.5 Å². The molecule has 1 rings (SSSR count). The minimum atomic E-state index is -0.866. The molecule has 0 aromatic heterocycles. The Labute approximate surface area is 142 Å². The molecule has 0 radical (unpaired) electrons. The SMILES string of the molecule is CCCCCCCC[C@H]1CCC(O)[C@@H]1CCCCC=CC(=O)O. The van der Waals surface area contributed by atoms with Crippen molar-refractivity contribution < 1.29 is 15.0 Å². The fraction of sp³-hybridized carbons (Fsp3) is 0.850. The Morgan fingerprint density at radius 3 is 2.43 bits per heavy atom. The van der Waals surface area contributed by atoms with Gasteiger partial charge in [0.2, 0.25) is 0 Å². The van der Waals surface area contributed by atoms with Gasteiger partial charge in [0.1, 0.15) is 0 Å². The lowest BCUT2D eigenvalue weighted by Crippen LogP contribution is -2.19. The number of aliphatic carboxylic acids is 1. The first kappa shape index (κ1) is 20.2. The van der Waals surface area contributed by atoms with E-state index in [2.05, 4.69) is 6.92 Å². The maximum absolute atomic E-state index is 10.4. The minimum Gasteiger partial charge on any atom is -0.478 e. The highest BCUT2D eigenvalue weighted by molar-refractivity contribution is 5.79. The molecule has 23 heavy (non-hydrogen) atoms. The molecule has 3 atom stereocenters. The first-order valence-corrected chi connectivity index (χ1v) is 9.72. The summed E-state index contributed by atoms with van der Waals surface area (Å²) >= 11 is 0. The average molecular weight is 325 g/mol. The molecule has 0 amide bonds. The van der Waals surface area contributed by atoms with E-state index in [-0.39, 0.29) is 6.10 Å². The summed E-state index contributed by atoms with van der Waals surface area (Å²) in [6.07, 6.45) is 18.4. The van der Waals surface area contributed by atoms with Gasteiger partial charge < -0.3 is 10.2 Å². The molecule has 0 heterocycles. The lowest BCUT2D eigenvalue weighted by Gasteiger charge is -2.22. The average Bonchev–Trinajstić information content (AvgIpc) is 2.86. The molecule has 0 bridgehead atoms. The predicted octanol–water partition coefficient (Wildman–Crippen LogP) is 5.33. The van der Waals surface area contributed by atoms with Crippen LogP contribution in [0, 0.1) is 11.8 Å². The van der Waals surface area contributed by atoms with E-state index in [4.69, 9.17) is 5.11 Å². The molecular formula is C20H36O3. The van der Waals surface area contributed by atoms with Crippen LogP contribution < -0.4 is 0 Å². The summed E-state index contributed by atoms with van der Waals surface area (Å²) in [6, 6.07) is 0. The van der Waals surface area contributed by atoms with Gasteiger partial charge in [0.05, 0.1) is 6.10 Å². The highest BCUT2D eigenvalue weighted by Gasteiger charge is 2.33. The Bertz CT molecular complexity index is 338. The van der Waals surface area contributed by atoms with Gasteiger partial charge in [-0.1, -0.05) is 64.4 Å². The van der Waals surface area contributed by atoms with Gasteiger partial charge in [-0.05, 0) is 43.9 Å². The van der Waals surface area contributed by atoms with E-state index in [9.17, 15) is 9.90 Å². The first-order valence-electron chi connectivity index (χ1n) is 9.72. The monoisotopic (exact) mass is 324 g/mol. The second-order valence-corrected chi connectivity index (χ2v) is 7.15. The van der Waals surface area contributed by atoms with Crippen molar-refractivity contribution in [3.8, 4) is 0 Å². The smallest absolute Gasteiger partial charge is 0.327 e. The summed E-state index contributed by atoms with van der Waals surface area (Å²) in [5.41, 5.74) is 0. The molecule has 2 N–H and O–H groups in total. The van der Waals surface area contributed by atoms with E-state index in [1.54, 1.807) is 6.08 Å². The molecule has 3 nitrogen and oxygen atoms in total. The summed E-state index contributed by atoms with van der Waals surface area (Å²) in [6.45, 7) is 2.25. The summed E-state index contributed by atoms with van der Waals surface area (Å²) in [5.74, 6) is 0.329. The lowest BCUT2D eigenvalue weighted by atomic mass is 9.86. The van der Waals surface area contributed by atoms with Crippen molar-refractivity contribution in [3.05, 3.63) is 12.2 Å². The number of allylic oxidation sites excluding steroid dienone is 1. The van der Waals surface area contributed by atoms with E-state index in [1.165, 1.54) is 57.4 Å². The Morgan fingerprint density at radius 1 is 1.00 bits per heavy atom. The molecule has 1 unspecified atom stereocenters. The number of carbonyl (C=O) groups is 1. The van der Waals surface area contributed by atoms with Crippen LogP contribution in [0.3, 0.4) is 0 Å². The van der Waals surface area contributed by atoms with E-state index in [0.717, 1.165) is 32.1 Å². The fourth-order valence-electron chi connectivity index (χ4n) is 3.93. The molecule has 1 fully saturated rings. The van der Waals surface area contributed by atoms with Gasteiger partial charge in [0, 0.05) is 6.08 Å². The van der Waals surface area contributed by atoms with Crippen molar-refractivity contribution in [1.29, 1.82) is 0 Å². The second kappa shape index (κ2) is 12.6. The summed E-state index contributed by atoms with van der Waals surface area (Å²) in [7, 11) is 0. The second-order valence-electron chi connectivity index (χ2n) is 7.15. The molecule has 3 heteroatoms. The van der Waals surface area contributed by atoms with Gasteiger partial charge in [0.25, 0.3) is 0 Å². The maximum Gasteiger partial charge on any atom is 0.327 e. The van der Waals surface area contributed by atoms with Crippen molar-refractivity contribution in [2.75, 3.05) is 0 Å². The molecule has 1 aliphatic rings. The third-order valence-corrected chi connectivity index (χ3v) is 5.28. The molecule has 1 saturated carbocycles. The Kier molecular flexibility index (Phi) is 11.1. The molecule has 0 aliphatic heterocycles. The molecule has 1 aliphatic carbocycles. The van der Waals surface area contributed by atoms with E-state index >= 15 is 0 Å². The summed E-state index contributed by atoms with van der Waals surface area (Å²) in [5, 5.41) is 18.8. The number of hydrogen-bond acceptors (Lipinski definition) is 2. The van der Waals surface area contributed by atoms with Crippen molar-refractivity contribution in [3.63, 3.8) is 0 Å². The predicted molar refractivity (Wildman–Crippen MR) is 95.5 cm³/mol. The number of unbranched alkanes of at least 4 members (excludes halogenated alkanes) is 7. The lowest BCUT2D eigenvalue weighted by molar-refractivity contribution is -0.131. The number of aliphatic hydroxyl groups is 1. The molecule has 0 saturated heterocycles. The zero-order chi connectivity index (χ0) is 16.9. The Hall–Kier alpha value is -0.830. The molecule has 0 spiro atoms. The van der Waals surface area contributed by atoms with E-state index in [0.29, 0.717) is 11.8 Å². The third kappa shape index (κ3) is 9.14. The first-order chi connectivity index (χ1) is 11.1. The van der Waals surface area contributed by atoms with E-state index in [1.807, 2.05) is 0 Å². The van der Waals surface area contributed by atoms with Crippen LogP contribution in [0.4, 0.5) is 0 Å². The molecular weight excluding hydrogens is 288 g/mol. The van der Waals surface area contributed by atoms with Gasteiger partial charge in [-0.15, -0.1) is 0 Å². The van der Waals surface area contributed by atoms with Gasteiger partial charge in [-0.2, -0.15) is 0 Å². The number of aliphatic hydroxyl groups excluding tert-OH is 1. The van der Waals surface area contributed by atoms with Crippen LogP contribution in [-0.2, 0) is 4.79 Å². The topological polar surface area (TPSA) is 57.5 Å². The van der Waals surface area contributed by atoms with Crippen LogP contribution in [-0.4, -0.2) is 22.3 Å². The van der Waals surface area contributed by atoms with Crippen LogP contribution in [0.2, 0.25) is 0 Å². The van der Waals surface area contributed by atoms with Gasteiger partial charge in [0.15, 0.2) is 0 Å². The summed E-state index contributed by atoms with van der Waals surface area (Å²) < 4.78 is 0. The molecule has 134 valence electrons. The summed E-state index contributed by atoms with van der Waals surface area (Å²) in [4.78, 5) is 10.4. The van der Waals surface area contributed by atoms with Crippen molar-refractivity contribution in [2.24, 2.45) is 11.8 Å². The number of carboxylic acids is 1. The van der Waals surface area contributed by atoms with Gasteiger partial charge in [-0.3, -0.25) is 0 Å². The normalized spacial score (nSPS) is 24.5. The van der Waals surface area contributed by atoms with Crippen LogP contribution in [0.1, 0.15) is 90.4 Å². The quantitative estimate of drug-likeness (QED) is 0.356. The van der Waals surface area contributed by atoms with Crippen LogP contribution in [0.5, 0.6) is 0 Å². The maximum atomic E-state index is 10.4. The largest absolute Gasteiger partial charge is 0.478 e. The zero-order valence-electron chi connectivity index (χ0n) is 14.9. The Balaban J connectivity index is 2.14. The number of hydrogen-bond donors (Lipinski definition) is 2.